The Morgan fingerprint density at radius 1 is 1.12 bits per heavy atom. The van der Waals surface area contributed by atoms with Crippen LogP contribution in [0.3, 0.4) is 0 Å². The van der Waals surface area contributed by atoms with Crippen molar-refractivity contribution < 1.29 is 23.9 Å². The third kappa shape index (κ3) is 8.25. The second kappa shape index (κ2) is 14.4. The molecule has 0 radical (unpaired) electrons. The number of alkyl carbamates (subject to hydrolysis) is 1. The number of amides is 3. The van der Waals surface area contributed by atoms with Crippen LogP contribution >= 0.6 is 0 Å². The van der Waals surface area contributed by atoms with Crippen LogP contribution in [0, 0.1) is 0 Å². The molecule has 4 rings (SSSR count). The molecule has 1 atom stereocenters. The number of imidazole rings is 1. The zero-order valence-electron chi connectivity index (χ0n) is 23.9. The summed E-state index contributed by atoms with van der Waals surface area (Å²) in [4.78, 5) is 67.3. The molecule has 0 unspecified atom stereocenters. The first-order valence-electron chi connectivity index (χ1n) is 13.3. The Kier molecular flexibility index (Phi) is 10.2. The molecule has 3 amide bonds. The minimum atomic E-state index is -1.03. The lowest BCUT2D eigenvalue weighted by molar-refractivity contribution is -0.123. The lowest BCUT2D eigenvalue weighted by Gasteiger charge is -2.17. The fourth-order valence-corrected chi connectivity index (χ4v) is 3.97. The Labute approximate surface area is 246 Å². The zero-order chi connectivity index (χ0) is 30.8. The molecule has 224 valence electrons. The average Bonchev–Trinajstić information content (AvgIpc) is 3.43. The number of rotatable bonds is 12. The SMILES string of the molecule is COC(=O)N[C@@H](CC/C=C/C(=O)N(C)C)C(=O)Nc1cccn(Cc2nc3ncnc(OCc4ccccc4)c3[nH]2)c1=O. The van der Waals surface area contributed by atoms with Gasteiger partial charge in [0.15, 0.2) is 5.65 Å². The van der Waals surface area contributed by atoms with E-state index in [2.05, 4.69) is 35.3 Å². The van der Waals surface area contributed by atoms with Crippen LogP contribution in [0.2, 0.25) is 0 Å². The van der Waals surface area contributed by atoms with Gasteiger partial charge in [0.05, 0.1) is 13.7 Å². The summed E-state index contributed by atoms with van der Waals surface area (Å²) in [6.45, 7) is 0.352. The van der Waals surface area contributed by atoms with Gasteiger partial charge in [-0.1, -0.05) is 36.4 Å². The first-order valence-corrected chi connectivity index (χ1v) is 13.3. The van der Waals surface area contributed by atoms with Gasteiger partial charge in [-0.3, -0.25) is 14.4 Å². The van der Waals surface area contributed by atoms with E-state index in [-0.39, 0.29) is 24.6 Å². The van der Waals surface area contributed by atoms with Crippen molar-refractivity contribution in [3.8, 4) is 5.88 Å². The number of allylic oxidation sites excluding steroid dienone is 1. The van der Waals surface area contributed by atoms with Gasteiger partial charge in [-0.25, -0.2) is 14.8 Å². The van der Waals surface area contributed by atoms with Crippen molar-refractivity contribution in [2.75, 3.05) is 26.5 Å². The molecule has 43 heavy (non-hydrogen) atoms. The fraction of sp³-hybridized carbons (Fsp3) is 0.276. The number of nitrogens with one attached hydrogen (secondary N) is 3. The lowest BCUT2D eigenvalue weighted by atomic mass is 10.1. The number of anilines is 1. The molecule has 14 heteroatoms. The van der Waals surface area contributed by atoms with E-state index in [1.165, 1.54) is 35.0 Å². The molecule has 3 heterocycles. The number of methoxy groups -OCH3 is 1. The first-order chi connectivity index (χ1) is 20.7. The summed E-state index contributed by atoms with van der Waals surface area (Å²) in [6, 6.07) is 11.7. The van der Waals surface area contributed by atoms with Crippen LogP contribution in [0.5, 0.6) is 5.88 Å². The van der Waals surface area contributed by atoms with E-state index in [0.29, 0.717) is 35.9 Å². The number of hydrogen-bond acceptors (Lipinski definition) is 9. The maximum Gasteiger partial charge on any atom is 0.407 e. The number of aromatic amines is 1. The van der Waals surface area contributed by atoms with Crippen molar-refractivity contribution in [3.05, 3.63) is 88.9 Å². The lowest BCUT2D eigenvalue weighted by Crippen LogP contribution is -2.44. The van der Waals surface area contributed by atoms with Gasteiger partial charge < -0.3 is 34.6 Å². The fourth-order valence-electron chi connectivity index (χ4n) is 3.97. The predicted molar refractivity (Wildman–Crippen MR) is 157 cm³/mol. The number of carbonyl (C=O) groups excluding carboxylic acids is 3. The van der Waals surface area contributed by atoms with Crippen LogP contribution in [-0.2, 0) is 27.5 Å². The predicted octanol–water partition coefficient (Wildman–Crippen LogP) is 2.23. The molecule has 0 bridgehead atoms. The first kappa shape index (κ1) is 30.4. The second-order valence-electron chi connectivity index (χ2n) is 9.58. The van der Waals surface area contributed by atoms with E-state index in [4.69, 9.17) is 4.74 Å². The van der Waals surface area contributed by atoms with Crippen LogP contribution in [0.25, 0.3) is 11.2 Å². The van der Waals surface area contributed by atoms with Crippen LogP contribution in [-0.4, -0.2) is 74.6 Å². The number of benzene rings is 1. The highest BCUT2D eigenvalue weighted by molar-refractivity contribution is 5.96. The number of fused-ring (bicyclic) bond motifs is 1. The molecular formula is C29H32N8O6. The van der Waals surface area contributed by atoms with Crippen molar-refractivity contribution in [2.45, 2.75) is 32.0 Å². The van der Waals surface area contributed by atoms with Crippen LogP contribution in [0.1, 0.15) is 24.2 Å². The van der Waals surface area contributed by atoms with E-state index in [1.807, 2.05) is 30.3 Å². The zero-order valence-corrected chi connectivity index (χ0v) is 23.9. The molecule has 3 aromatic heterocycles. The number of carbonyl (C=O) groups is 3. The molecule has 0 saturated heterocycles. The largest absolute Gasteiger partial charge is 0.471 e. The number of likely N-dealkylation sites (N-methyl/N-ethyl adjacent to an activating group) is 1. The van der Waals surface area contributed by atoms with E-state index in [0.717, 1.165) is 5.56 Å². The number of ether oxygens (including phenoxy) is 2. The van der Waals surface area contributed by atoms with Gasteiger partial charge >= 0.3 is 6.09 Å². The summed E-state index contributed by atoms with van der Waals surface area (Å²) in [5.41, 5.74) is 1.36. The van der Waals surface area contributed by atoms with Crippen molar-refractivity contribution in [3.63, 3.8) is 0 Å². The summed E-state index contributed by atoms with van der Waals surface area (Å²) >= 11 is 0. The molecule has 0 aliphatic rings. The molecule has 3 N–H and O–H groups in total. The number of aromatic nitrogens is 5. The maximum absolute atomic E-state index is 13.2. The standard InChI is InChI=1S/C29H32N8O6/c1-36(2)23(38)14-8-7-12-20(33-29(41)42-3)26(39)32-21-13-9-15-37(28(21)40)16-22-34-24-25(35-22)30-18-31-27(24)43-17-19-10-5-4-6-11-19/h4-6,8-11,13-15,18,20H,7,12,16-17H2,1-3H3,(H,32,39)(H,33,41)(H,30,31,34,35)/b14-8+/t20-/m0/s1. The smallest absolute Gasteiger partial charge is 0.407 e. The van der Waals surface area contributed by atoms with E-state index < -0.39 is 23.6 Å². The Morgan fingerprint density at radius 3 is 2.65 bits per heavy atom. The van der Waals surface area contributed by atoms with Crippen LogP contribution < -0.4 is 20.9 Å². The molecular weight excluding hydrogens is 556 g/mol. The van der Waals surface area contributed by atoms with Crippen molar-refractivity contribution >= 4 is 34.8 Å². The summed E-state index contributed by atoms with van der Waals surface area (Å²) in [6.07, 6.45) is 5.56. The van der Waals surface area contributed by atoms with Gasteiger partial charge in [0.2, 0.25) is 17.7 Å². The van der Waals surface area contributed by atoms with E-state index in [1.54, 1.807) is 32.4 Å². The average molecular weight is 589 g/mol. The molecule has 4 aromatic rings. The Morgan fingerprint density at radius 2 is 1.91 bits per heavy atom. The molecule has 14 nitrogen and oxygen atoms in total. The van der Waals surface area contributed by atoms with Crippen LogP contribution in [0.4, 0.5) is 10.5 Å². The number of hydrogen-bond donors (Lipinski definition) is 3. The highest BCUT2D eigenvalue weighted by atomic mass is 16.5. The van der Waals surface area contributed by atoms with Crippen molar-refractivity contribution in [1.82, 2.24) is 34.7 Å². The van der Waals surface area contributed by atoms with Crippen LogP contribution in [0.15, 0.2) is 71.9 Å². The number of nitrogens with zero attached hydrogens (tertiary/aromatic N) is 5. The van der Waals surface area contributed by atoms with Gasteiger partial charge in [-0.2, -0.15) is 4.98 Å². The van der Waals surface area contributed by atoms with Gasteiger partial charge in [-0.05, 0) is 36.6 Å². The third-order valence-electron chi connectivity index (χ3n) is 6.24. The summed E-state index contributed by atoms with van der Waals surface area (Å²) < 4.78 is 11.9. The molecule has 0 spiro atoms. The highest BCUT2D eigenvalue weighted by Gasteiger charge is 2.22. The van der Waals surface area contributed by atoms with Gasteiger partial charge in [0.1, 0.15) is 36.0 Å². The quantitative estimate of drug-likeness (QED) is 0.210. The number of H-pyrrole nitrogens is 1. The molecule has 0 saturated carbocycles. The summed E-state index contributed by atoms with van der Waals surface area (Å²) in [7, 11) is 4.42. The number of pyridine rings is 1. The molecule has 0 aliphatic carbocycles. The minimum Gasteiger partial charge on any atom is -0.471 e. The van der Waals surface area contributed by atoms with Crippen molar-refractivity contribution in [1.29, 1.82) is 0 Å². The minimum absolute atomic E-state index is 0.00489. The van der Waals surface area contributed by atoms with E-state index in [9.17, 15) is 19.2 Å². The molecule has 0 aliphatic heterocycles. The summed E-state index contributed by atoms with van der Waals surface area (Å²) in [5, 5.41) is 5.05. The topological polar surface area (TPSA) is 173 Å². The summed E-state index contributed by atoms with van der Waals surface area (Å²) in [5.74, 6) is -0.0769. The monoisotopic (exact) mass is 588 g/mol. The third-order valence-corrected chi connectivity index (χ3v) is 6.24. The molecule has 1 aromatic carbocycles. The van der Waals surface area contributed by atoms with E-state index >= 15 is 0 Å². The molecule has 0 fully saturated rings. The second-order valence-corrected chi connectivity index (χ2v) is 9.58. The highest BCUT2D eigenvalue weighted by Crippen LogP contribution is 2.20. The van der Waals surface area contributed by atoms with Gasteiger partial charge in [-0.15, -0.1) is 0 Å². The Bertz CT molecular complexity index is 1660. The maximum atomic E-state index is 13.2. The Balaban J connectivity index is 1.46. The van der Waals surface area contributed by atoms with Gasteiger partial charge in [0.25, 0.3) is 5.56 Å². The van der Waals surface area contributed by atoms with Gasteiger partial charge in [0, 0.05) is 20.3 Å². The normalized spacial score (nSPS) is 11.7. The Hall–Kier alpha value is -5.53. The van der Waals surface area contributed by atoms with Crippen molar-refractivity contribution in [2.24, 2.45) is 0 Å².